The van der Waals surface area contributed by atoms with Crippen LogP contribution >= 0.6 is 0 Å². The Labute approximate surface area is 111 Å². The number of hydrogen-bond acceptors (Lipinski definition) is 5. The van der Waals surface area contributed by atoms with Crippen LogP contribution in [0, 0.1) is 0 Å². The number of rotatable bonds is 4. The normalized spacial score (nSPS) is 29.5. The summed E-state index contributed by atoms with van der Waals surface area (Å²) in [4.78, 5) is 2.39. The maximum Gasteiger partial charge on any atom is 0.0751 e. The fourth-order valence-electron chi connectivity index (χ4n) is 2.22. The average Bonchev–Trinajstić information content (AvgIpc) is 2.44. The van der Waals surface area contributed by atoms with Gasteiger partial charge >= 0.3 is 0 Å². The van der Waals surface area contributed by atoms with E-state index in [2.05, 4.69) is 10.2 Å². The minimum atomic E-state index is 0.151. The van der Waals surface area contributed by atoms with Crippen molar-refractivity contribution in [3.63, 3.8) is 0 Å². The molecule has 2 rings (SSSR count). The van der Waals surface area contributed by atoms with Gasteiger partial charge in [-0.2, -0.15) is 0 Å². The molecule has 18 heavy (non-hydrogen) atoms. The zero-order valence-corrected chi connectivity index (χ0v) is 11.9. The van der Waals surface area contributed by atoms with E-state index in [4.69, 9.17) is 15.2 Å². The zero-order valence-electron chi connectivity index (χ0n) is 11.9. The summed E-state index contributed by atoms with van der Waals surface area (Å²) in [5.41, 5.74) is 5.98. The maximum atomic E-state index is 5.98. The second-order valence-corrected chi connectivity index (χ2v) is 4.52. The molecule has 0 aromatic rings. The quantitative estimate of drug-likeness (QED) is 0.747. The first-order valence-corrected chi connectivity index (χ1v) is 7.24. The predicted octanol–water partition coefficient (Wildman–Crippen LogP) is 0.0506. The third-order valence-electron chi connectivity index (χ3n) is 3.31. The van der Waals surface area contributed by atoms with Crippen LogP contribution in [-0.2, 0) is 9.47 Å². The van der Waals surface area contributed by atoms with Gasteiger partial charge in [-0.15, -0.1) is 0 Å². The molecule has 108 valence electrons. The Morgan fingerprint density at radius 2 is 2.06 bits per heavy atom. The Kier molecular flexibility index (Phi) is 8.54. The van der Waals surface area contributed by atoms with Crippen molar-refractivity contribution < 1.29 is 9.47 Å². The number of ether oxygens (including phenoxy) is 2. The zero-order chi connectivity index (χ0) is 13.2. The summed E-state index contributed by atoms with van der Waals surface area (Å²) < 4.78 is 11.2. The van der Waals surface area contributed by atoms with Crippen LogP contribution in [0.1, 0.15) is 20.3 Å². The van der Waals surface area contributed by atoms with Gasteiger partial charge in [0.1, 0.15) is 0 Å². The van der Waals surface area contributed by atoms with Crippen molar-refractivity contribution in [2.45, 2.75) is 32.4 Å². The highest BCUT2D eigenvalue weighted by Crippen LogP contribution is 2.06. The lowest BCUT2D eigenvalue weighted by Crippen LogP contribution is -2.51. The molecule has 5 nitrogen and oxygen atoms in total. The van der Waals surface area contributed by atoms with Gasteiger partial charge in [0, 0.05) is 32.2 Å². The van der Waals surface area contributed by atoms with Crippen molar-refractivity contribution in [2.75, 3.05) is 52.5 Å². The van der Waals surface area contributed by atoms with Gasteiger partial charge in [0.2, 0.25) is 0 Å². The lowest BCUT2D eigenvalue weighted by atomic mass is 10.1. The smallest absolute Gasteiger partial charge is 0.0751 e. The predicted molar refractivity (Wildman–Crippen MR) is 73.8 cm³/mol. The highest BCUT2D eigenvalue weighted by molar-refractivity contribution is 4.81. The third-order valence-corrected chi connectivity index (χ3v) is 3.31. The lowest BCUT2D eigenvalue weighted by molar-refractivity contribution is -0.0124. The van der Waals surface area contributed by atoms with Gasteiger partial charge in [-0.3, -0.25) is 4.90 Å². The molecule has 2 fully saturated rings. The molecule has 2 heterocycles. The Morgan fingerprint density at radius 1 is 1.33 bits per heavy atom. The topological polar surface area (TPSA) is 59.8 Å². The largest absolute Gasteiger partial charge is 0.379 e. The standard InChI is InChI=1S/C11H23N3O2.C2H6/c12-10-9-13-2-1-11(10)16-8-5-14-3-6-15-7-4-14;1-2/h10-11,13H,1-9,12H2;1-2H3. The molecule has 0 aliphatic carbocycles. The Balaban J connectivity index is 0.000000771. The number of morpholine rings is 1. The number of piperidine rings is 1. The molecule has 0 aromatic carbocycles. The van der Waals surface area contributed by atoms with E-state index in [1.807, 2.05) is 13.8 Å². The first-order chi connectivity index (χ1) is 8.86. The fraction of sp³-hybridized carbons (Fsp3) is 1.00. The van der Waals surface area contributed by atoms with Crippen molar-refractivity contribution >= 4 is 0 Å². The van der Waals surface area contributed by atoms with E-state index in [-0.39, 0.29) is 12.1 Å². The van der Waals surface area contributed by atoms with Gasteiger partial charge in [0.15, 0.2) is 0 Å². The lowest BCUT2D eigenvalue weighted by Gasteiger charge is -2.31. The maximum absolute atomic E-state index is 5.98. The van der Waals surface area contributed by atoms with Crippen LogP contribution in [0.4, 0.5) is 0 Å². The second kappa shape index (κ2) is 9.69. The number of hydrogen-bond donors (Lipinski definition) is 2. The minimum absolute atomic E-state index is 0.151. The highest BCUT2D eigenvalue weighted by atomic mass is 16.5. The molecule has 2 unspecified atom stereocenters. The monoisotopic (exact) mass is 259 g/mol. The van der Waals surface area contributed by atoms with Crippen LogP contribution in [-0.4, -0.2) is 69.6 Å². The van der Waals surface area contributed by atoms with Crippen molar-refractivity contribution in [1.82, 2.24) is 10.2 Å². The highest BCUT2D eigenvalue weighted by Gasteiger charge is 2.22. The molecule has 0 amide bonds. The van der Waals surface area contributed by atoms with E-state index in [0.29, 0.717) is 0 Å². The summed E-state index contributed by atoms with van der Waals surface area (Å²) in [5, 5.41) is 3.27. The van der Waals surface area contributed by atoms with Gasteiger partial charge < -0.3 is 20.5 Å². The molecular weight excluding hydrogens is 230 g/mol. The van der Waals surface area contributed by atoms with Crippen LogP contribution in [0.15, 0.2) is 0 Å². The van der Waals surface area contributed by atoms with Crippen LogP contribution in [0.2, 0.25) is 0 Å². The average molecular weight is 259 g/mol. The van der Waals surface area contributed by atoms with Crippen molar-refractivity contribution in [3.05, 3.63) is 0 Å². The van der Waals surface area contributed by atoms with E-state index < -0.39 is 0 Å². The third kappa shape index (κ3) is 5.63. The number of nitrogens with zero attached hydrogens (tertiary/aromatic N) is 1. The first-order valence-electron chi connectivity index (χ1n) is 7.24. The molecule has 0 radical (unpaired) electrons. The van der Waals surface area contributed by atoms with E-state index in [1.54, 1.807) is 0 Å². The minimum Gasteiger partial charge on any atom is -0.379 e. The summed E-state index contributed by atoms with van der Waals surface area (Å²) in [5.74, 6) is 0. The molecule has 0 bridgehead atoms. The van der Waals surface area contributed by atoms with Crippen LogP contribution in [0.5, 0.6) is 0 Å². The van der Waals surface area contributed by atoms with E-state index in [0.717, 1.165) is 59.0 Å². The van der Waals surface area contributed by atoms with Gasteiger partial charge in [-0.05, 0) is 13.0 Å². The molecule has 2 saturated heterocycles. The molecule has 0 spiro atoms. The number of nitrogens with two attached hydrogens (primary N) is 1. The van der Waals surface area contributed by atoms with Crippen LogP contribution < -0.4 is 11.1 Å². The Morgan fingerprint density at radius 3 is 2.72 bits per heavy atom. The summed E-state index contributed by atoms with van der Waals surface area (Å²) in [6.45, 7) is 11.5. The fourth-order valence-corrected chi connectivity index (χ4v) is 2.22. The molecule has 2 aliphatic rings. The number of nitrogens with one attached hydrogen (secondary N) is 1. The van der Waals surface area contributed by atoms with Crippen molar-refractivity contribution in [1.29, 1.82) is 0 Å². The summed E-state index contributed by atoms with van der Waals surface area (Å²) in [7, 11) is 0. The summed E-state index contributed by atoms with van der Waals surface area (Å²) in [6, 6.07) is 0.151. The van der Waals surface area contributed by atoms with Gasteiger partial charge in [-0.1, -0.05) is 13.8 Å². The van der Waals surface area contributed by atoms with Crippen LogP contribution in [0.25, 0.3) is 0 Å². The second-order valence-electron chi connectivity index (χ2n) is 4.52. The summed E-state index contributed by atoms with van der Waals surface area (Å²) in [6.07, 6.45) is 1.27. The van der Waals surface area contributed by atoms with Gasteiger partial charge in [0.05, 0.1) is 25.9 Å². The molecule has 3 N–H and O–H groups in total. The molecule has 2 atom stereocenters. The SMILES string of the molecule is CC.NC1CNCCC1OCCN1CCOCC1. The van der Waals surface area contributed by atoms with E-state index in [9.17, 15) is 0 Å². The Hall–Kier alpha value is -0.200. The molecular formula is C13H29N3O2. The van der Waals surface area contributed by atoms with Gasteiger partial charge in [0.25, 0.3) is 0 Å². The first kappa shape index (κ1) is 15.9. The van der Waals surface area contributed by atoms with Crippen molar-refractivity contribution in [3.8, 4) is 0 Å². The molecule has 0 saturated carbocycles. The molecule has 2 aliphatic heterocycles. The van der Waals surface area contributed by atoms with E-state index in [1.165, 1.54) is 0 Å². The van der Waals surface area contributed by atoms with E-state index >= 15 is 0 Å². The van der Waals surface area contributed by atoms with Crippen molar-refractivity contribution in [2.24, 2.45) is 5.73 Å². The summed E-state index contributed by atoms with van der Waals surface area (Å²) >= 11 is 0. The Bertz CT molecular complexity index is 199. The molecule has 0 aromatic heterocycles. The van der Waals surface area contributed by atoms with Gasteiger partial charge in [-0.25, -0.2) is 0 Å². The molecule has 5 heteroatoms. The van der Waals surface area contributed by atoms with Crippen LogP contribution in [0.3, 0.4) is 0 Å².